The molecule has 0 aliphatic rings. The van der Waals surface area contributed by atoms with Gasteiger partial charge in [-0.3, -0.25) is 0 Å². The van der Waals surface area contributed by atoms with Gasteiger partial charge in [-0.25, -0.2) is 0 Å². The van der Waals surface area contributed by atoms with Gasteiger partial charge in [-0.2, -0.15) is 13.2 Å². The van der Waals surface area contributed by atoms with Gasteiger partial charge in [0.25, 0.3) is 0 Å². The van der Waals surface area contributed by atoms with Crippen LogP contribution in [-0.2, 0) is 6.54 Å². The zero-order chi connectivity index (χ0) is 12.0. The van der Waals surface area contributed by atoms with Crippen LogP contribution in [0, 0.1) is 0 Å². The Hall–Kier alpha value is -0.110. The highest BCUT2D eigenvalue weighted by Gasteiger charge is 2.25. The molecule has 2 N–H and O–H groups in total. The molecule has 1 rings (SSSR count). The first kappa shape index (κ1) is 14.0. The third kappa shape index (κ3) is 5.83. The van der Waals surface area contributed by atoms with E-state index >= 15 is 0 Å². The highest BCUT2D eigenvalue weighted by atomic mass is 79.9. The fourth-order valence-electron chi connectivity index (χ4n) is 1.06. The maximum atomic E-state index is 11.8. The zero-order valence-corrected chi connectivity index (χ0v) is 10.8. The molecule has 1 aromatic rings. The van der Waals surface area contributed by atoms with E-state index in [2.05, 4.69) is 26.6 Å². The molecular formula is C9H12BrF3N2S. The second kappa shape index (κ2) is 6.58. The van der Waals surface area contributed by atoms with Crippen LogP contribution < -0.4 is 10.6 Å². The molecule has 16 heavy (non-hydrogen) atoms. The summed E-state index contributed by atoms with van der Waals surface area (Å²) >= 11 is 4.99. The third-order valence-corrected chi connectivity index (χ3v) is 3.71. The summed E-state index contributed by atoms with van der Waals surface area (Å²) in [4.78, 5) is 1.15. The molecule has 0 spiro atoms. The van der Waals surface area contributed by atoms with E-state index in [4.69, 9.17) is 0 Å². The Morgan fingerprint density at radius 1 is 1.25 bits per heavy atom. The lowest BCUT2D eigenvalue weighted by Gasteiger charge is -2.08. The smallest absolute Gasteiger partial charge is 0.311 e. The average molecular weight is 317 g/mol. The molecule has 7 heteroatoms. The Kier molecular flexibility index (Phi) is 5.74. The summed E-state index contributed by atoms with van der Waals surface area (Å²) in [6.45, 7) is 0.562. The van der Waals surface area contributed by atoms with Crippen LogP contribution in [0.25, 0.3) is 0 Å². The molecule has 0 fully saturated rings. The van der Waals surface area contributed by atoms with E-state index in [1.54, 1.807) is 11.3 Å². The normalized spacial score (nSPS) is 12.0. The van der Waals surface area contributed by atoms with Crippen molar-refractivity contribution in [3.8, 4) is 0 Å². The van der Waals surface area contributed by atoms with Crippen molar-refractivity contribution in [1.82, 2.24) is 10.6 Å². The van der Waals surface area contributed by atoms with Crippen LogP contribution in [0.1, 0.15) is 4.88 Å². The first-order chi connectivity index (χ1) is 7.49. The number of hydrogen-bond donors (Lipinski definition) is 2. The topological polar surface area (TPSA) is 24.1 Å². The maximum absolute atomic E-state index is 11.8. The molecule has 0 atom stereocenters. The SMILES string of the molecule is FC(F)(F)CNCCNCc1sccc1Br. The van der Waals surface area contributed by atoms with Gasteiger partial charge >= 0.3 is 6.18 Å². The summed E-state index contributed by atoms with van der Waals surface area (Å²) < 4.78 is 36.3. The minimum absolute atomic E-state index is 0.308. The average Bonchev–Trinajstić information content (AvgIpc) is 2.56. The molecule has 0 aliphatic carbocycles. The van der Waals surface area contributed by atoms with Crippen molar-refractivity contribution in [2.75, 3.05) is 19.6 Å². The quantitative estimate of drug-likeness (QED) is 0.789. The molecule has 0 unspecified atom stereocenters. The molecule has 0 bridgehead atoms. The molecule has 1 aromatic heterocycles. The highest BCUT2D eigenvalue weighted by molar-refractivity contribution is 9.10. The molecule has 0 aromatic carbocycles. The minimum Gasteiger partial charge on any atom is -0.311 e. The van der Waals surface area contributed by atoms with Crippen LogP contribution in [0.2, 0.25) is 0 Å². The largest absolute Gasteiger partial charge is 0.401 e. The predicted octanol–water partition coefficient (Wildman–Crippen LogP) is 2.75. The van der Waals surface area contributed by atoms with Gasteiger partial charge in [0, 0.05) is 29.0 Å². The molecule has 1 heterocycles. The van der Waals surface area contributed by atoms with Crippen LogP contribution >= 0.6 is 27.3 Å². The number of halogens is 4. The van der Waals surface area contributed by atoms with Gasteiger partial charge in [-0.1, -0.05) is 0 Å². The van der Waals surface area contributed by atoms with Gasteiger partial charge in [0.05, 0.1) is 6.54 Å². The summed E-state index contributed by atoms with van der Waals surface area (Å²) in [7, 11) is 0. The van der Waals surface area contributed by atoms with Gasteiger partial charge < -0.3 is 10.6 Å². The van der Waals surface area contributed by atoms with Crippen molar-refractivity contribution >= 4 is 27.3 Å². The molecule has 0 saturated carbocycles. The molecule has 0 saturated heterocycles. The van der Waals surface area contributed by atoms with Crippen molar-refractivity contribution in [1.29, 1.82) is 0 Å². The van der Waals surface area contributed by atoms with E-state index in [0.717, 1.165) is 9.35 Å². The zero-order valence-electron chi connectivity index (χ0n) is 8.40. The van der Waals surface area contributed by atoms with Crippen molar-refractivity contribution in [3.63, 3.8) is 0 Å². The maximum Gasteiger partial charge on any atom is 0.401 e. The summed E-state index contributed by atoms with van der Waals surface area (Å²) in [5.74, 6) is 0. The van der Waals surface area contributed by atoms with Crippen LogP contribution in [0.15, 0.2) is 15.9 Å². The monoisotopic (exact) mass is 316 g/mol. The van der Waals surface area contributed by atoms with Gasteiger partial charge in [0.2, 0.25) is 0 Å². The van der Waals surface area contributed by atoms with Crippen LogP contribution in [0.4, 0.5) is 13.2 Å². The summed E-state index contributed by atoms with van der Waals surface area (Å²) in [6, 6.07) is 1.95. The third-order valence-electron chi connectivity index (χ3n) is 1.78. The fourth-order valence-corrected chi connectivity index (χ4v) is 2.52. The second-order valence-electron chi connectivity index (χ2n) is 3.16. The number of hydrogen-bond acceptors (Lipinski definition) is 3. The molecule has 92 valence electrons. The number of nitrogens with one attached hydrogen (secondary N) is 2. The molecule has 0 radical (unpaired) electrons. The predicted molar refractivity (Wildman–Crippen MR) is 62.7 cm³/mol. The molecule has 2 nitrogen and oxygen atoms in total. The van der Waals surface area contributed by atoms with Crippen molar-refractivity contribution in [3.05, 3.63) is 20.8 Å². The molecule has 0 amide bonds. The van der Waals surface area contributed by atoms with E-state index in [1.165, 1.54) is 0 Å². The van der Waals surface area contributed by atoms with Crippen LogP contribution in [0.3, 0.4) is 0 Å². The van der Waals surface area contributed by atoms with Crippen LogP contribution in [-0.4, -0.2) is 25.8 Å². The Bertz CT molecular complexity index is 314. The minimum atomic E-state index is -4.13. The van der Waals surface area contributed by atoms with E-state index < -0.39 is 12.7 Å². The van der Waals surface area contributed by atoms with E-state index in [0.29, 0.717) is 19.6 Å². The molecule has 0 aliphatic heterocycles. The lowest BCUT2D eigenvalue weighted by Crippen LogP contribution is -2.34. The van der Waals surface area contributed by atoms with Gasteiger partial charge in [-0.15, -0.1) is 11.3 Å². The Morgan fingerprint density at radius 3 is 2.50 bits per heavy atom. The molecular weight excluding hydrogens is 305 g/mol. The lowest BCUT2D eigenvalue weighted by atomic mass is 10.4. The number of thiophene rings is 1. The van der Waals surface area contributed by atoms with Crippen LogP contribution in [0.5, 0.6) is 0 Å². The van der Waals surface area contributed by atoms with E-state index in [-0.39, 0.29) is 0 Å². The lowest BCUT2D eigenvalue weighted by molar-refractivity contribution is -0.124. The summed E-state index contributed by atoms with van der Waals surface area (Å²) in [5.41, 5.74) is 0. The fraction of sp³-hybridized carbons (Fsp3) is 0.556. The Labute approximate surface area is 104 Å². The van der Waals surface area contributed by atoms with Crippen molar-refractivity contribution in [2.45, 2.75) is 12.7 Å². The van der Waals surface area contributed by atoms with Crippen molar-refractivity contribution in [2.24, 2.45) is 0 Å². The first-order valence-electron chi connectivity index (χ1n) is 4.69. The van der Waals surface area contributed by atoms with Crippen molar-refractivity contribution < 1.29 is 13.2 Å². The van der Waals surface area contributed by atoms with Gasteiger partial charge in [0.1, 0.15) is 0 Å². The Balaban J connectivity index is 2.03. The summed E-state index contributed by atoms with van der Waals surface area (Å²) in [6.07, 6.45) is -4.13. The first-order valence-corrected chi connectivity index (χ1v) is 6.36. The number of alkyl halides is 3. The highest BCUT2D eigenvalue weighted by Crippen LogP contribution is 2.21. The van der Waals surface area contributed by atoms with E-state index in [9.17, 15) is 13.2 Å². The second-order valence-corrected chi connectivity index (χ2v) is 5.02. The standard InChI is InChI=1S/C9H12BrF3N2S/c10-7-1-4-16-8(7)5-14-2-3-15-6-9(11,12)13/h1,4,14-15H,2-3,5-6H2. The summed E-state index contributed by atoms with van der Waals surface area (Å²) in [5, 5.41) is 7.35. The van der Waals surface area contributed by atoms with E-state index in [1.807, 2.05) is 11.4 Å². The Morgan fingerprint density at radius 2 is 1.94 bits per heavy atom. The van der Waals surface area contributed by atoms with Gasteiger partial charge in [-0.05, 0) is 27.4 Å². The number of rotatable bonds is 6. The van der Waals surface area contributed by atoms with Gasteiger partial charge in [0.15, 0.2) is 0 Å².